The van der Waals surface area contributed by atoms with Crippen molar-refractivity contribution >= 4 is 5.91 Å². The number of aromatic amines is 1. The molecule has 2 N–H and O–H groups in total. The molecule has 90 valence electrons. The third-order valence-corrected chi connectivity index (χ3v) is 3.12. The Morgan fingerprint density at radius 2 is 2.31 bits per heavy atom. The van der Waals surface area contributed by atoms with Gasteiger partial charge in [-0.1, -0.05) is 27.2 Å². The molecule has 0 spiro atoms. The zero-order valence-corrected chi connectivity index (χ0v) is 10.3. The Hall–Kier alpha value is -1.32. The van der Waals surface area contributed by atoms with Crippen molar-refractivity contribution in [3.63, 3.8) is 0 Å². The largest absolute Gasteiger partial charge is 0.350 e. The summed E-state index contributed by atoms with van der Waals surface area (Å²) < 4.78 is 0. The summed E-state index contributed by atoms with van der Waals surface area (Å²) in [7, 11) is 0. The van der Waals surface area contributed by atoms with Crippen LogP contribution in [0.25, 0.3) is 0 Å². The van der Waals surface area contributed by atoms with Crippen molar-refractivity contribution < 1.29 is 4.79 Å². The molecule has 1 heterocycles. The third-order valence-electron chi connectivity index (χ3n) is 3.12. The van der Waals surface area contributed by atoms with Crippen molar-refractivity contribution in [3.05, 3.63) is 18.2 Å². The van der Waals surface area contributed by atoms with E-state index in [4.69, 9.17) is 0 Å². The molecule has 0 fully saturated rings. The fourth-order valence-corrected chi connectivity index (χ4v) is 1.77. The summed E-state index contributed by atoms with van der Waals surface area (Å²) in [6.45, 7) is 6.72. The predicted molar refractivity (Wildman–Crippen MR) is 63.7 cm³/mol. The fraction of sp³-hybridized carbons (Fsp3) is 0.667. The summed E-state index contributed by atoms with van der Waals surface area (Å²) in [5.41, 5.74) is 0.692. The molecule has 1 aromatic heterocycles. The molecule has 1 unspecified atom stereocenters. The van der Waals surface area contributed by atoms with E-state index in [-0.39, 0.29) is 11.3 Å². The van der Waals surface area contributed by atoms with Gasteiger partial charge in [-0.15, -0.1) is 0 Å². The molecule has 0 aliphatic rings. The van der Waals surface area contributed by atoms with Crippen LogP contribution in [0.5, 0.6) is 0 Å². The maximum atomic E-state index is 12.0. The number of nitrogens with zero attached hydrogens (tertiary/aromatic N) is 1. The number of aromatic nitrogens is 2. The minimum atomic E-state index is -0.241. The van der Waals surface area contributed by atoms with Gasteiger partial charge in [0.05, 0.1) is 18.6 Å². The summed E-state index contributed by atoms with van der Waals surface area (Å²) in [5, 5.41) is 2.95. The van der Waals surface area contributed by atoms with Gasteiger partial charge in [0.15, 0.2) is 0 Å². The van der Waals surface area contributed by atoms with E-state index in [1.54, 1.807) is 12.5 Å². The maximum Gasteiger partial charge on any atom is 0.226 e. The number of hydrogen-bond donors (Lipinski definition) is 2. The molecular weight excluding hydrogens is 202 g/mol. The summed E-state index contributed by atoms with van der Waals surface area (Å²) in [5.74, 6) is 0.131. The first kappa shape index (κ1) is 12.7. The van der Waals surface area contributed by atoms with E-state index in [2.05, 4.69) is 29.1 Å². The molecule has 0 saturated carbocycles. The molecular formula is C12H21N3O. The second kappa shape index (κ2) is 5.68. The fourth-order valence-electron chi connectivity index (χ4n) is 1.77. The highest BCUT2D eigenvalue weighted by Gasteiger charge is 2.29. The molecule has 0 radical (unpaired) electrons. The van der Waals surface area contributed by atoms with Crippen LogP contribution in [-0.2, 0) is 11.3 Å². The Labute approximate surface area is 96.9 Å². The van der Waals surface area contributed by atoms with Gasteiger partial charge in [0.1, 0.15) is 0 Å². The molecule has 16 heavy (non-hydrogen) atoms. The molecule has 0 aromatic carbocycles. The SMILES string of the molecule is CCCC(C)(CC)C(=O)NCc1cnc[nH]1. The van der Waals surface area contributed by atoms with Crippen LogP contribution in [0.4, 0.5) is 0 Å². The summed E-state index contributed by atoms with van der Waals surface area (Å²) >= 11 is 0. The number of carbonyl (C=O) groups excluding carboxylic acids is 1. The van der Waals surface area contributed by atoms with Crippen molar-refractivity contribution in [2.45, 2.75) is 46.6 Å². The van der Waals surface area contributed by atoms with Gasteiger partial charge in [-0.25, -0.2) is 4.98 Å². The molecule has 0 bridgehead atoms. The zero-order valence-electron chi connectivity index (χ0n) is 10.3. The van der Waals surface area contributed by atoms with E-state index in [0.29, 0.717) is 6.54 Å². The highest BCUT2D eigenvalue weighted by Crippen LogP contribution is 2.27. The number of rotatable bonds is 6. The van der Waals surface area contributed by atoms with E-state index < -0.39 is 0 Å². The van der Waals surface area contributed by atoms with E-state index in [0.717, 1.165) is 25.0 Å². The van der Waals surface area contributed by atoms with Crippen molar-refractivity contribution in [3.8, 4) is 0 Å². The number of carbonyl (C=O) groups is 1. The predicted octanol–water partition coefficient (Wildman–Crippen LogP) is 2.24. The topological polar surface area (TPSA) is 57.8 Å². The van der Waals surface area contributed by atoms with Crippen molar-refractivity contribution in [2.24, 2.45) is 5.41 Å². The number of H-pyrrole nitrogens is 1. The smallest absolute Gasteiger partial charge is 0.226 e. The minimum Gasteiger partial charge on any atom is -0.350 e. The highest BCUT2D eigenvalue weighted by atomic mass is 16.2. The van der Waals surface area contributed by atoms with Gasteiger partial charge in [0.25, 0.3) is 0 Å². The summed E-state index contributed by atoms with van der Waals surface area (Å²) in [4.78, 5) is 18.9. The average molecular weight is 223 g/mol. The standard InChI is InChI=1S/C12H21N3O/c1-4-6-12(3,5-2)11(16)14-8-10-7-13-9-15-10/h7,9H,4-6,8H2,1-3H3,(H,13,15)(H,14,16). The Balaban J connectivity index is 2.50. The van der Waals surface area contributed by atoms with Crippen LogP contribution in [0.2, 0.25) is 0 Å². The molecule has 1 rings (SSSR count). The second-order valence-electron chi connectivity index (χ2n) is 4.42. The van der Waals surface area contributed by atoms with Gasteiger partial charge in [-0.05, 0) is 12.8 Å². The Morgan fingerprint density at radius 3 is 2.81 bits per heavy atom. The lowest BCUT2D eigenvalue weighted by atomic mass is 9.82. The quantitative estimate of drug-likeness (QED) is 0.777. The molecule has 0 aliphatic heterocycles. The van der Waals surface area contributed by atoms with E-state index >= 15 is 0 Å². The lowest BCUT2D eigenvalue weighted by Gasteiger charge is -2.26. The monoisotopic (exact) mass is 223 g/mol. The van der Waals surface area contributed by atoms with Crippen LogP contribution in [0.1, 0.15) is 45.7 Å². The molecule has 1 aromatic rings. The Bertz CT molecular complexity index is 321. The summed E-state index contributed by atoms with van der Waals surface area (Å²) in [6, 6.07) is 0. The van der Waals surface area contributed by atoms with E-state index in [9.17, 15) is 4.79 Å². The number of nitrogens with one attached hydrogen (secondary N) is 2. The summed E-state index contributed by atoms with van der Waals surface area (Å²) in [6.07, 6.45) is 6.17. The van der Waals surface area contributed by atoms with Gasteiger partial charge in [0, 0.05) is 11.6 Å². The van der Waals surface area contributed by atoms with Gasteiger partial charge in [-0.2, -0.15) is 0 Å². The Kier molecular flexibility index (Phi) is 4.52. The molecule has 0 saturated heterocycles. The highest BCUT2D eigenvalue weighted by molar-refractivity contribution is 5.82. The van der Waals surface area contributed by atoms with Crippen LogP contribution in [0, 0.1) is 5.41 Å². The first-order chi connectivity index (χ1) is 7.62. The second-order valence-corrected chi connectivity index (χ2v) is 4.42. The van der Waals surface area contributed by atoms with Gasteiger partial charge in [-0.3, -0.25) is 4.79 Å². The number of hydrogen-bond acceptors (Lipinski definition) is 2. The molecule has 1 amide bonds. The maximum absolute atomic E-state index is 12.0. The first-order valence-corrected chi connectivity index (χ1v) is 5.88. The van der Waals surface area contributed by atoms with Gasteiger partial charge in [0.2, 0.25) is 5.91 Å². The van der Waals surface area contributed by atoms with Crippen LogP contribution in [0.3, 0.4) is 0 Å². The van der Waals surface area contributed by atoms with Crippen molar-refractivity contribution in [1.82, 2.24) is 15.3 Å². The van der Waals surface area contributed by atoms with Crippen LogP contribution >= 0.6 is 0 Å². The van der Waals surface area contributed by atoms with Gasteiger partial charge < -0.3 is 10.3 Å². The minimum absolute atomic E-state index is 0.131. The normalized spacial score (nSPS) is 14.4. The van der Waals surface area contributed by atoms with Crippen LogP contribution in [0.15, 0.2) is 12.5 Å². The number of amides is 1. The van der Waals surface area contributed by atoms with Crippen molar-refractivity contribution in [2.75, 3.05) is 0 Å². The molecule has 4 heteroatoms. The van der Waals surface area contributed by atoms with Gasteiger partial charge >= 0.3 is 0 Å². The molecule has 4 nitrogen and oxygen atoms in total. The van der Waals surface area contributed by atoms with E-state index in [1.165, 1.54) is 0 Å². The van der Waals surface area contributed by atoms with E-state index in [1.807, 2.05) is 6.92 Å². The zero-order chi connectivity index (χ0) is 12.0. The third kappa shape index (κ3) is 3.08. The number of imidazole rings is 1. The lowest BCUT2D eigenvalue weighted by molar-refractivity contribution is -0.131. The van der Waals surface area contributed by atoms with Crippen molar-refractivity contribution in [1.29, 1.82) is 0 Å². The van der Waals surface area contributed by atoms with Crippen LogP contribution < -0.4 is 5.32 Å². The molecule has 1 atom stereocenters. The molecule has 0 aliphatic carbocycles. The average Bonchev–Trinajstić information content (AvgIpc) is 2.78. The van der Waals surface area contributed by atoms with Crippen LogP contribution in [-0.4, -0.2) is 15.9 Å². The lowest BCUT2D eigenvalue weighted by Crippen LogP contribution is -2.38. The Morgan fingerprint density at radius 1 is 1.56 bits per heavy atom. The first-order valence-electron chi connectivity index (χ1n) is 5.88.